The second-order valence-corrected chi connectivity index (χ2v) is 8.69. The first-order valence-corrected chi connectivity index (χ1v) is 11.3. The minimum Gasteiger partial charge on any atom is -0.375 e. The third-order valence-corrected chi connectivity index (χ3v) is 6.33. The fourth-order valence-corrected chi connectivity index (χ4v) is 4.83. The molecular formula is C23H28FN7O2. The van der Waals surface area contributed by atoms with E-state index in [1.165, 1.54) is 12.1 Å². The fourth-order valence-electron chi connectivity index (χ4n) is 4.83. The number of halogens is 1. The Bertz CT molecular complexity index is 1200. The van der Waals surface area contributed by atoms with Crippen LogP contribution in [0.2, 0.25) is 0 Å². The summed E-state index contributed by atoms with van der Waals surface area (Å²) in [6.07, 6.45) is 2.04. The van der Waals surface area contributed by atoms with Gasteiger partial charge in [0.2, 0.25) is 11.9 Å². The minimum absolute atomic E-state index is 0.00992. The SMILES string of the molecule is CCO[C@H]1CN(C)C(=O)[C@@H]2C[C@@H](CN2)Nc2nccc(n2)-c2cc(F)cc3nc(C)n(c23)C1. The molecule has 5 rings (SSSR count). The maximum absolute atomic E-state index is 14.6. The number of rotatable bonds is 2. The van der Waals surface area contributed by atoms with Crippen LogP contribution in [0.25, 0.3) is 22.3 Å². The maximum Gasteiger partial charge on any atom is 0.239 e. The Hall–Kier alpha value is -3.11. The second kappa shape index (κ2) is 8.68. The number of aryl methyl sites for hydroxylation is 1. The van der Waals surface area contributed by atoms with Crippen LogP contribution in [-0.2, 0) is 16.1 Å². The van der Waals surface area contributed by atoms with Gasteiger partial charge < -0.3 is 24.8 Å². The van der Waals surface area contributed by atoms with Gasteiger partial charge in [-0.25, -0.2) is 19.3 Å². The number of nitrogens with zero attached hydrogens (tertiary/aromatic N) is 5. The molecule has 2 aliphatic heterocycles. The van der Waals surface area contributed by atoms with Gasteiger partial charge in [0.15, 0.2) is 0 Å². The Morgan fingerprint density at radius 3 is 2.94 bits per heavy atom. The van der Waals surface area contributed by atoms with Crippen molar-refractivity contribution in [3.05, 3.63) is 36.0 Å². The molecule has 0 saturated carbocycles. The number of benzene rings is 1. The van der Waals surface area contributed by atoms with E-state index in [1.807, 2.05) is 18.4 Å². The topological polar surface area (TPSA) is 97.2 Å². The number of aromatic nitrogens is 4. The molecule has 10 heteroatoms. The van der Waals surface area contributed by atoms with Crippen LogP contribution in [0.4, 0.5) is 10.3 Å². The van der Waals surface area contributed by atoms with Crippen molar-refractivity contribution < 1.29 is 13.9 Å². The van der Waals surface area contributed by atoms with Crippen LogP contribution in [0.3, 0.4) is 0 Å². The van der Waals surface area contributed by atoms with Crippen molar-refractivity contribution >= 4 is 22.9 Å². The van der Waals surface area contributed by atoms with E-state index in [-0.39, 0.29) is 29.9 Å². The monoisotopic (exact) mass is 453 g/mol. The van der Waals surface area contributed by atoms with Gasteiger partial charge in [0.05, 0.1) is 35.4 Å². The Balaban J connectivity index is 1.67. The highest BCUT2D eigenvalue weighted by molar-refractivity contribution is 5.92. The Morgan fingerprint density at radius 2 is 2.12 bits per heavy atom. The minimum atomic E-state index is -0.372. The first kappa shape index (κ1) is 21.7. The van der Waals surface area contributed by atoms with Crippen LogP contribution in [0.5, 0.6) is 0 Å². The third-order valence-electron chi connectivity index (χ3n) is 6.33. The lowest BCUT2D eigenvalue weighted by molar-refractivity contribution is -0.133. The highest BCUT2D eigenvalue weighted by Crippen LogP contribution is 2.31. The van der Waals surface area contributed by atoms with E-state index in [9.17, 15) is 9.18 Å². The number of anilines is 1. The number of hydrogen-bond acceptors (Lipinski definition) is 7. The van der Waals surface area contributed by atoms with E-state index >= 15 is 0 Å². The predicted octanol–water partition coefficient (Wildman–Crippen LogP) is 1.96. The normalized spacial score (nSPS) is 23.3. The standard InChI is InChI=1S/C23H28FN7O2/c1-4-33-16-11-30(3)22(32)20-9-15(10-26-20)28-23-25-6-5-18(29-23)17-7-14(24)8-19-21(17)31(12-16)13(2)27-19/h5-8,15-16,20,26H,4,9-12H2,1-3H3,(H,25,28,29)/t15-,16-,20-/m0/s1. The van der Waals surface area contributed by atoms with E-state index in [0.29, 0.717) is 55.4 Å². The number of nitrogens with one attached hydrogen (secondary N) is 2. The van der Waals surface area contributed by atoms with Gasteiger partial charge in [-0.2, -0.15) is 0 Å². The lowest BCUT2D eigenvalue weighted by atomic mass is 10.1. The Labute approximate surface area is 191 Å². The summed E-state index contributed by atoms with van der Waals surface area (Å²) in [5, 5.41) is 6.63. The number of likely N-dealkylation sites (N-methyl/N-ethyl adjacent to an activating group) is 1. The lowest BCUT2D eigenvalue weighted by Crippen LogP contribution is -2.45. The van der Waals surface area contributed by atoms with Crippen LogP contribution in [-0.4, -0.2) is 75.3 Å². The van der Waals surface area contributed by atoms with Gasteiger partial charge in [0, 0.05) is 50.6 Å². The van der Waals surface area contributed by atoms with Crippen molar-refractivity contribution in [1.82, 2.24) is 29.7 Å². The van der Waals surface area contributed by atoms with Gasteiger partial charge in [0.25, 0.3) is 0 Å². The molecular weight excluding hydrogens is 425 g/mol. The number of hydrogen-bond donors (Lipinski definition) is 2. The fraction of sp³-hybridized carbons (Fsp3) is 0.478. The molecule has 2 N–H and O–H groups in total. The van der Waals surface area contributed by atoms with Gasteiger partial charge in [-0.05, 0) is 32.4 Å². The van der Waals surface area contributed by atoms with Crippen molar-refractivity contribution in [2.75, 3.05) is 32.1 Å². The van der Waals surface area contributed by atoms with E-state index in [0.717, 1.165) is 11.3 Å². The summed E-state index contributed by atoms with van der Waals surface area (Å²) in [7, 11) is 1.81. The predicted molar refractivity (Wildman–Crippen MR) is 122 cm³/mol. The average molecular weight is 454 g/mol. The summed E-state index contributed by atoms with van der Waals surface area (Å²) < 4.78 is 22.6. The van der Waals surface area contributed by atoms with Crippen LogP contribution in [0.15, 0.2) is 24.4 Å². The van der Waals surface area contributed by atoms with Crippen LogP contribution >= 0.6 is 0 Å². The molecule has 2 aromatic heterocycles. The van der Waals surface area contributed by atoms with E-state index in [1.54, 1.807) is 24.2 Å². The molecule has 3 atom stereocenters. The van der Waals surface area contributed by atoms with Crippen LogP contribution < -0.4 is 10.6 Å². The molecule has 2 aliphatic rings. The van der Waals surface area contributed by atoms with Crippen LogP contribution in [0.1, 0.15) is 19.2 Å². The number of carbonyl (C=O) groups is 1. The molecule has 0 radical (unpaired) electrons. The maximum atomic E-state index is 14.6. The number of imidazole rings is 1. The van der Waals surface area contributed by atoms with E-state index in [4.69, 9.17) is 4.74 Å². The van der Waals surface area contributed by atoms with Gasteiger partial charge in [0.1, 0.15) is 11.6 Å². The van der Waals surface area contributed by atoms with Gasteiger partial charge in [-0.3, -0.25) is 4.79 Å². The number of fused-ring (bicyclic) bond motifs is 5. The average Bonchev–Trinajstić information content (AvgIpc) is 3.36. The van der Waals surface area contributed by atoms with Crippen molar-refractivity contribution in [3.8, 4) is 11.3 Å². The molecule has 1 saturated heterocycles. The largest absolute Gasteiger partial charge is 0.375 e. The first-order chi connectivity index (χ1) is 15.9. The van der Waals surface area contributed by atoms with E-state index in [2.05, 4.69) is 25.6 Å². The number of carbonyl (C=O) groups excluding carboxylic acids is 1. The molecule has 0 unspecified atom stereocenters. The van der Waals surface area contributed by atoms with Crippen molar-refractivity contribution in [2.45, 2.75) is 45.0 Å². The summed E-state index contributed by atoms with van der Waals surface area (Å²) in [5.74, 6) is 0.849. The summed E-state index contributed by atoms with van der Waals surface area (Å²) in [6.45, 7) is 5.89. The summed E-state index contributed by atoms with van der Waals surface area (Å²) in [4.78, 5) is 28.5. The molecule has 0 aliphatic carbocycles. The first-order valence-electron chi connectivity index (χ1n) is 11.3. The lowest BCUT2D eigenvalue weighted by Gasteiger charge is -2.27. The van der Waals surface area contributed by atoms with Gasteiger partial charge >= 0.3 is 0 Å². The highest BCUT2D eigenvalue weighted by Gasteiger charge is 2.33. The number of ether oxygens (including phenoxy) is 1. The molecule has 174 valence electrons. The van der Waals surface area contributed by atoms with Crippen molar-refractivity contribution in [3.63, 3.8) is 0 Å². The Kier molecular flexibility index (Phi) is 5.71. The molecule has 33 heavy (non-hydrogen) atoms. The number of amides is 1. The van der Waals surface area contributed by atoms with Crippen molar-refractivity contribution in [1.29, 1.82) is 0 Å². The molecule has 4 heterocycles. The smallest absolute Gasteiger partial charge is 0.239 e. The van der Waals surface area contributed by atoms with Gasteiger partial charge in [-0.1, -0.05) is 0 Å². The Morgan fingerprint density at radius 1 is 1.27 bits per heavy atom. The summed E-state index contributed by atoms with van der Waals surface area (Å²) in [5.41, 5.74) is 2.60. The second-order valence-electron chi connectivity index (χ2n) is 8.69. The summed E-state index contributed by atoms with van der Waals surface area (Å²) in [6, 6.07) is 4.43. The highest BCUT2D eigenvalue weighted by atomic mass is 19.1. The molecule has 1 amide bonds. The molecule has 9 nitrogen and oxygen atoms in total. The third kappa shape index (κ3) is 4.16. The molecule has 0 spiro atoms. The van der Waals surface area contributed by atoms with Crippen molar-refractivity contribution in [2.24, 2.45) is 0 Å². The zero-order chi connectivity index (χ0) is 23.1. The van der Waals surface area contributed by atoms with Gasteiger partial charge in [-0.15, -0.1) is 0 Å². The van der Waals surface area contributed by atoms with E-state index < -0.39 is 0 Å². The molecule has 1 fully saturated rings. The van der Waals surface area contributed by atoms with Crippen LogP contribution in [0, 0.1) is 12.7 Å². The molecule has 3 aromatic rings. The zero-order valence-electron chi connectivity index (χ0n) is 19.0. The quantitative estimate of drug-likeness (QED) is 0.612. The zero-order valence-corrected chi connectivity index (χ0v) is 19.0. The molecule has 1 aromatic carbocycles. The molecule has 4 bridgehead atoms. The summed E-state index contributed by atoms with van der Waals surface area (Å²) >= 11 is 0.